The van der Waals surface area contributed by atoms with Crippen molar-refractivity contribution in [3.63, 3.8) is 0 Å². The summed E-state index contributed by atoms with van der Waals surface area (Å²) in [6, 6.07) is 1.58. The first-order chi connectivity index (χ1) is 9.95. The molecule has 6 nitrogen and oxygen atoms in total. The lowest BCUT2D eigenvalue weighted by Crippen LogP contribution is -2.49. The van der Waals surface area contributed by atoms with Gasteiger partial charge in [0.05, 0.1) is 17.6 Å². The van der Waals surface area contributed by atoms with Gasteiger partial charge in [0.2, 0.25) is 10.0 Å². The van der Waals surface area contributed by atoms with Crippen LogP contribution in [0.4, 0.5) is 0 Å². The Hall–Kier alpha value is -0.890. The number of hydrogen-bond donors (Lipinski definition) is 2. The molecule has 21 heavy (non-hydrogen) atoms. The molecule has 1 saturated heterocycles. The number of H-pyrrole nitrogens is 1. The maximum atomic E-state index is 12.7. The van der Waals surface area contributed by atoms with Crippen LogP contribution in [0.15, 0.2) is 17.2 Å². The zero-order valence-electron chi connectivity index (χ0n) is 12.9. The maximum Gasteiger partial charge on any atom is 0.244 e. The summed E-state index contributed by atoms with van der Waals surface area (Å²) in [6.45, 7) is 8.27. The zero-order valence-corrected chi connectivity index (χ0v) is 13.7. The third-order valence-electron chi connectivity index (χ3n) is 3.62. The van der Waals surface area contributed by atoms with Crippen molar-refractivity contribution in [2.24, 2.45) is 0 Å². The highest BCUT2D eigenvalue weighted by Gasteiger charge is 2.34. The van der Waals surface area contributed by atoms with Crippen LogP contribution in [0.5, 0.6) is 0 Å². The molecule has 2 rings (SSSR count). The fourth-order valence-electron chi connectivity index (χ4n) is 2.41. The molecule has 1 fully saturated rings. The van der Waals surface area contributed by atoms with Crippen LogP contribution in [0.25, 0.3) is 0 Å². The molecule has 0 aromatic carbocycles. The minimum absolute atomic E-state index is 0.0689. The summed E-state index contributed by atoms with van der Waals surface area (Å²) in [5.74, 6) is 0. The molecule has 0 aliphatic carbocycles. The summed E-state index contributed by atoms with van der Waals surface area (Å²) in [4.78, 5) is 3.37. The predicted octanol–water partition coefficient (Wildman–Crippen LogP) is 1.31. The van der Waals surface area contributed by atoms with Gasteiger partial charge in [-0.05, 0) is 32.9 Å². The van der Waals surface area contributed by atoms with Crippen LogP contribution in [0, 0.1) is 0 Å². The summed E-state index contributed by atoms with van der Waals surface area (Å²) in [7, 11) is -3.46. The number of rotatable bonds is 6. The molecular weight excluding hydrogens is 290 g/mol. The van der Waals surface area contributed by atoms with Crippen LogP contribution < -0.4 is 5.32 Å². The fraction of sp³-hybridized carbons (Fsp3) is 0.714. The summed E-state index contributed by atoms with van der Waals surface area (Å²) in [5, 5.41) is 3.25. The van der Waals surface area contributed by atoms with Crippen LogP contribution in [0.1, 0.15) is 32.9 Å². The Kier molecular flexibility index (Phi) is 5.43. The van der Waals surface area contributed by atoms with E-state index in [1.54, 1.807) is 12.3 Å². The predicted molar refractivity (Wildman–Crippen MR) is 81.6 cm³/mol. The molecular formula is C14H25N3O3S. The van der Waals surface area contributed by atoms with Crippen molar-refractivity contribution < 1.29 is 13.2 Å². The molecule has 1 aromatic rings. The van der Waals surface area contributed by atoms with E-state index in [1.165, 1.54) is 4.31 Å². The van der Waals surface area contributed by atoms with E-state index in [4.69, 9.17) is 4.74 Å². The van der Waals surface area contributed by atoms with Gasteiger partial charge in [0.15, 0.2) is 0 Å². The topological polar surface area (TPSA) is 74.4 Å². The monoisotopic (exact) mass is 315 g/mol. The standard InChI is InChI=1S/C14H25N3O3S/c1-4-5-15-7-13-6-14(8-16-13)21(18,19)17-9-12(3)20-10-11(17)2/h6,8,11-12,15-16H,4-5,7,9-10H2,1-3H3. The van der Waals surface area contributed by atoms with Gasteiger partial charge >= 0.3 is 0 Å². The van der Waals surface area contributed by atoms with E-state index in [1.807, 2.05) is 13.8 Å². The van der Waals surface area contributed by atoms with Gasteiger partial charge in [-0.1, -0.05) is 6.92 Å². The lowest BCUT2D eigenvalue weighted by atomic mass is 10.2. The number of morpholine rings is 1. The van der Waals surface area contributed by atoms with Crippen molar-refractivity contribution >= 4 is 10.0 Å². The van der Waals surface area contributed by atoms with Gasteiger partial charge in [-0.2, -0.15) is 4.31 Å². The first-order valence-corrected chi connectivity index (χ1v) is 8.90. The molecule has 2 atom stereocenters. The molecule has 2 heterocycles. The fourth-order valence-corrected chi connectivity index (χ4v) is 4.12. The Morgan fingerprint density at radius 2 is 2.24 bits per heavy atom. The minimum Gasteiger partial charge on any atom is -0.375 e. The third kappa shape index (κ3) is 3.85. The summed E-state index contributed by atoms with van der Waals surface area (Å²) >= 11 is 0. The number of nitrogens with zero attached hydrogens (tertiary/aromatic N) is 1. The molecule has 7 heteroatoms. The van der Waals surface area contributed by atoms with E-state index in [-0.39, 0.29) is 12.1 Å². The molecule has 0 amide bonds. The van der Waals surface area contributed by atoms with Crippen LogP contribution in [-0.4, -0.2) is 49.5 Å². The molecule has 0 saturated carbocycles. The van der Waals surface area contributed by atoms with Crippen molar-refractivity contribution in [1.82, 2.24) is 14.6 Å². The van der Waals surface area contributed by atoms with Gasteiger partial charge in [-0.15, -0.1) is 0 Å². The van der Waals surface area contributed by atoms with Crippen molar-refractivity contribution in [2.75, 3.05) is 19.7 Å². The zero-order chi connectivity index (χ0) is 15.5. The van der Waals surface area contributed by atoms with Gasteiger partial charge in [-0.25, -0.2) is 8.42 Å². The number of aromatic amines is 1. The number of ether oxygens (including phenoxy) is 1. The number of aromatic nitrogens is 1. The van der Waals surface area contributed by atoms with Gasteiger partial charge in [0, 0.05) is 31.0 Å². The highest BCUT2D eigenvalue weighted by molar-refractivity contribution is 7.89. The molecule has 1 aliphatic heterocycles. The highest BCUT2D eigenvalue weighted by atomic mass is 32.2. The smallest absolute Gasteiger partial charge is 0.244 e. The summed E-state index contributed by atoms with van der Waals surface area (Å²) in [6.07, 6.45) is 2.56. The van der Waals surface area contributed by atoms with Crippen LogP contribution in [0.2, 0.25) is 0 Å². The second-order valence-corrected chi connectivity index (χ2v) is 7.50. The second-order valence-electron chi connectivity index (χ2n) is 5.61. The van der Waals surface area contributed by atoms with E-state index in [2.05, 4.69) is 17.2 Å². The van der Waals surface area contributed by atoms with E-state index < -0.39 is 10.0 Å². The van der Waals surface area contributed by atoms with Crippen molar-refractivity contribution in [3.8, 4) is 0 Å². The lowest BCUT2D eigenvalue weighted by Gasteiger charge is -2.35. The lowest BCUT2D eigenvalue weighted by molar-refractivity contribution is -0.0170. The first-order valence-electron chi connectivity index (χ1n) is 7.46. The van der Waals surface area contributed by atoms with E-state index in [0.717, 1.165) is 18.7 Å². The Labute approximate surface area is 126 Å². The van der Waals surface area contributed by atoms with Gasteiger partial charge in [-0.3, -0.25) is 0 Å². The van der Waals surface area contributed by atoms with Crippen LogP contribution in [-0.2, 0) is 21.3 Å². The quantitative estimate of drug-likeness (QED) is 0.776. The van der Waals surface area contributed by atoms with Gasteiger partial charge < -0.3 is 15.0 Å². The van der Waals surface area contributed by atoms with Crippen molar-refractivity contribution in [1.29, 1.82) is 0 Å². The average molecular weight is 315 g/mol. The number of nitrogens with one attached hydrogen (secondary N) is 2. The van der Waals surface area contributed by atoms with E-state index >= 15 is 0 Å². The Bertz CT molecular complexity index is 556. The molecule has 1 aliphatic rings. The molecule has 0 spiro atoms. The molecule has 2 unspecified atom stereocenters. The van der Waals surface area contributed by atoms with Crippen molar-refractivity contribution in [2.45, 2.75) is 50.8 Å². The second kappa shape index (κ2) is 6.91. The van der Waals surface area contributed by atoms with Crippen LogP contribution >= 0.6 is 0 Å². The molecule has 2 N–H and O–H groups in total. The number of hydrogen-bond acceptors (Lipinski definition) is 4. The number of sulfonamides is 1. The summed E-state index contributed by atoms with van der Waals surface area (Å²) in [5.41, 5.74) is 0.885. The molecule has 0 bridgehead atoms. The summed E-state index contributed by atoms with van der Waals surface area (Å²) < 4.78 is 32.5. The molecule has 120 valence electrons. The maximum absolute atomic E-state index is 12.7. The Morgan fingerprint density at radius 3 is 2.95 bits per heavy atom. The average Bonchev–Trinajstić information content (AvgIpc) is 2.91. The molecule has 1 aromatic heterocycles. The van der Waals surface area contributed by atoms with Gasteiger partial charge in [0.25, 0.3) is 0 Å². The van der Waals surface area contributed by atoms with E-state index in [9.17, 15) is 8.42 Å². The third-order valence-corrected chi connectivity index (χ3v) is 5.57. The SMILES string of the molecule is CCCNCc1cc(S(=O)(=O)N2CC(C)OCC2C)c[nH]1. The highest BCUT2D eigenvalue weighted by Crippen LogP contribution is 2.23. The van der Waals surface area contributed by atoms with Crippen molar-refractivity contribution in [3.05, 3.63) is 18.0 Å². The van der Waals surface area contributed by atoms with E-state index in [0.29, 0.717) is 24.6 Å². The Morgan fingerprint density at radius 1 is 1.48 bits per heavy atom. The van der Waals surface area contributed by atoms with Gasteiger partial charge in [0.1, 0.15) is 0 Å². The largest absolute Gasteiger partial charge is 0.375 e. The normalized spacial score (nSPS) is 24.3. The van der Waals surface area contributed by atoms with Crippen LogP contribution in [0.3, 0.4) is 0 Å². The first kappa shape index (κ1) is 16.5. The minimum atomic E-state index is -3.46. The molecule has 0 radical (unpaired) electrons. The Balaban J connectivity index is 2.11.